The molecular weight excluding hydrogens is 249 g/mol. The Morgan fingerprint density at radius 2 is 1.87 bits per heavy atom. The molecule has 0 aliphatic heterocycles. The zero-order chi connectivity index (χ0) is 11.6. The van der Waals surface area contributed by atoms with Crippen molar-refractivity contribution in [2.24, 2.45) is 5.92 Å². The molecule has 0 radical (unpaired) electrons. The molecule has 0 spiro atoms. The zero-order valence-electron chi connectivity index (χ0n) is 9.95. The molecule has 0 aromatic heterocycles. The molecule has 0 rings (SSSR count). The van der Waals surface area contributed by atoms with Crippen LogP contribution in [0.25, 0.3) is 0 Å². The minimum Gasteiger partial charge on any atom is -0.481 e. The van der Waals surface area contributed by atoms with Gasteiger partial charge in [-0.25, -0.2) is 0 Å². The van der Waals surface area contributed by atoms with Gasteiger partial charge in [-0.2, -0.15) is 6.92 Å². The van der Waals surface area contributed by atoms with Crippen LogP contribution in [0.3, 0.4) is 0 Å². The first-order valence-electron chi connectivity index (χ1n) is 4.39. The summed E-state index contributed by atoms with van der Waals surface area (Å²) < 4.78 is 8.98. The molecule has 4 nitrogen and oxygen atoms in total. The van der Waals surface area contributed by atoms with E-state index in [4.69, 9.17) is 5.11 Å². The Balaban J connectivity index is -0.000000449. The van der Waals surface area contributed by atoms with Crippen molar-refractivity contribution >= 4 is 5.97 Å². The van der Waals surface area contributed by atoms with Gasteiger partial charge in [-0.15, -0.1) is 0 Å². The number of esters is 1. The summed E-state index contributed by atoms with van der Waals surface area (Å²) in [5, 5.41) is 8.93. The van der Waals surface area contributed by atoms with Crippen molar-refractivity contribution in [3.05, 3.63) is 18.9 Å². The third kappa shape index (κ3) is 9.73. The first kappa shape index (κ1) is 19.9. The molecule has 86 valence electrons. The van der Waals surface area contributed by atoms with Crippen LogP contribution < -0.4 is 0 Å². The average molecular weight is 269 g/mol. The van der Waals surface area contributed by atoms with Crippen LogP contribution in [0, 0.1) is 12.8 Å². The van der Waals surface area contributed by atoms with Gasteiger partial charge in [0.25, 0.3) is 5.95 Å². The fourth-order valence-corrected chi connectivity index (χ4v) is 0.744. The number of aliphatic hydroxyl groups is 1. The van der Waals surface area contributed by atoms with E-state index in [1.54, 1.807) is 6.92 Å². The number of ether oxygens (including phenoxy) is 2. The van der Waals surface area contributed by atoms with E-state index < -0.39 is 5.92 Å². The monoisotopic (exact) mass is 267 g/mol. The van der Waals surface area contributed by atoms with Gasteiger partial charge >= 0.3 is 5.97 Å². The van der Waals surface area contributed by atoms with E-state index in [9.17, 15) is 4.79 Å². The Morgan fingerprint density at radius 1 is 1.40 bits per heavy atom. The Hall–Kier alpha value is -0.567. The third-order valence-electron chi connectivity index (χ3n) is 1.50. The van der Waals surface area contributed by atoms with Crippen LogP contribution in [0.2, 0.25) is 0 Å². The number of carbonyl (C=O) groups is 1. The van der Waals surface area contributed by atoms with Gasteiger partial charge in [-0.05, 0) is 6.42 Å². The van der Waals surface area contributed by atoms with Crippen molar-refractivity contribution in [3.8, 4) is 0 Å². The van der Waals surface area contributed by atoms with E-state index in [0.29, 0.717) is 6.42 Å². The molecule has 0 amide bonds. The summed E-state index contributed by atoms with van der Waals surface area (Å²) in [6.07, 6.45) is 1.89. The molecule has 0 aromatic rings. The van der Waals surface area contributed by atoms with E-state index in [1.807, 2.05) is 6.92 Å². The second kappa shape index (κ2) is 13.4. The molecule has 0 aliphatic carbocycles. The van der Waals surface area contributed by atoms with Gasteiger partial charge in [-0.3, -0.25) is 4.79 Å². The van der Waals surface area contributed by atoms with Crippen molar-refractivity contribution in [1.82, 2.24) is 0 Å². The predicted octanol–water partition coefficient (Wildman–Crippen LogP) is 2.07. The van der Waals surface area contributed by atoms with E-state index in [0.717, 1.165) is 0 Å². The molecule has 0 saturated carbocycles. The largest absolute Gasteiger partial charge is 0.481 e. The summed E-state index contributed by atoms with van der Waals surface area (Å²) in [5.74, 6) is -1.07. The molecule has 5 heteroatoms. The number of carbonyl (C=O) groups excluding carboxylic acids is 1. The van der Waals surface area contributed by atoms with Gasteiger partial charge in [0, 0.05) is 25.6 Å². The van der Waals surface area contributed by atoms with Crippen LogP contribution in [0.4, 0.5) is 0 Å². The minimum atomic E-state index is -0.435. The Morgan fingerprint density at radius 3 is 2.13 bits per heavy atom. The SMILES string of the molecule is CCC(/C=C(/O)OC)C(=O)OC.[CH2-]C.[Zn]. The van der Waals surface area contributed by atoms with Gasteiger partial charge < -0.3 is 21.5 Å². The fraction of sp³-hybridized carbons (Fsp3) is 0.600. The van der Waals surface area contributed by atoms with E-state index in [-0.39, 0.29) is 31.4 Å². The standard InChI is InChI=1S/C8H14O4.C2H5.Zn/c1-4-6(8(10)12-3)5-7(9)11-2;1-2;/h5-6,9H,4H2,1-3H3;1H2,2H3;/q;-1;/b7-5-;;. The second-order valence-corrected chi connectivity index (χ2v) is 2.25. The van der Waals surface area contributed by atoms with Crippen molar-refractivity contribution in [3.63, 3.8) is 0 Å². The van der Waals surface area contributed by atoms with Crippen molar-refractivity contribution in [2.45, 2.75) is 20.3 Å². The summed E-state index contributed by atoms with van der Waals surface area (Å²) >= 11 is 0. The Kier molecular flexibility index (Phi) is 17.8. The van der Waals surface area contributed by atoms with E-state index in [2.05, 4.69) is 16.4 Å². The van der Waals surface area contributed by atoms with Crippen molar-refractivity contribution in [1.29, 1.82) is 0 Å². The van der Waals surface area contributed by atoms with Crippen LogP contribution in [0.1, 0.15) is 20.3 Å². The topological polar surface area (TPSA) is 55.8 Å². The molecule has 0 aromatic carbocycles. The maximum atomic E-state index is 11.0. The number of aliphatic hydroxyl groups excluding tert-OH is 1. The van der Waals surface area contributed by atoms with Crippen molar-refractivity contribution in [2.75, 3.05) is 14.2 Å². The molecule has 15 heavy (non-hydrogen) atoms. The summed E-state index contributed by atoms with van der Waals surface area (Å²) in [6.45, 7) is 6.82. The normalized spacial score (nSPS) is 11.4. The second-order valence-electron chi connectivity index (χ2n) is 2.25. The minimum absolute atomic E-state index is 0. The first-order chi connectivity index (χ1) is 6.65. The molecule has 0 saturated heterocycles. The molecular formula is C10H19O4Zn-. The molecule has 1 unspecified atom stereocenters. The molecule has 1 N–H and O–H groups in total. The summed E-state index contributed by atoms with van der Waals surface area (Å²) in [7, 11) is 2.64. The summed E-state index contributed by atoms with van der Waals surface area (Å²) in [6, 6.07) is 0. The van der Waals surface area contributed by atoms with Gasteiger partial charge in [0.05, 0.1) is 20.1 Å². The number of rotatable bonds is 4. The van der Waals surface area contributed by atoms with E-state index in [1.165, 1.54) is 20.3 Å². The summed E-state index contributed by atoms with van der Waals surface area (Å²) in [4.78, 5) is 11.0. The summed E-state index contributed by atoms with van der Waals surface area (Å²) in [5.41, 5.74) is 0. The van der Waals surface area contributed by atoms with Crippen LogP contribution in [-0.4, -0.2) is 25.3 Å². The Bertz CT molecular complexity index is 180. The van der Waals surface area contributed by atoms with Gasteiger partial charge in [0.1, 0.15) is 0 Å². The van der Waals surface area contributed by atoms with Crippen LogP contribution in [-0.2, 0) is 33.7 Å². The maximum Gasteiger partial charge on any atom is 0.312 e. The van der Waals surface area contributed by atoms with Crippen LogP contribution >= 0.6 is 0 Å². The molecule has 0 bridgehead atoms. The molecule has 0 fully saturated rings. The molecule has 1 atom stereocenters. The average Bonchev–Trinajstić information content (AvgIpc) is 2.27. The Labute approximate surface area is 104 Å². The smallest absolute Gasteiger partial charge is 0.312 e. The van der Waals surface area contributed by atoms with Crippen molar-refractivity contribution < 1.29 is 38.9 Å². The first-order valence-corrected chi connectivity index (χ1v) is 4.39. The number of hydrogen-bond donors (Lipinski definition) is 1. The quantitative estimate of drug-likeness (QED) is 0.367. The van der Waals surface area contributed by atoms with Gasteiger partial charge in [0.2, 0.25) is 0 Å². The van der Waals surface area contributed by atoms with E-state index >= 15 is 0 Å². The zero-order valence-corrected chi connectivity index (χ0v) is 12.9. The van der Waals surface area contributed by atoms with Gasteiger partial charge in [-0.1, -0.05) is 6.92 Å². The number of hydrogen-bond acceptors (Lipinski definition) is 4. The molecule has 0 heterocycles. The fourth-order valence-electron chi connectivity index (χ4n) is 0.744. The maximum absolute atomic E-state index is 11.0. The predicted molar refractivity (Wildman–Crippen MR) is 54.5 cm³/mol. The molecule has 0 aliphatic rings. The van der Waals surface area contributed by atoms with Crippen LogP contribution in [0.5, 0.6) is 0 Å². The van der Waals surface area contributed by atoms with Crippen LogP contribution in [0.15, 0.2) is 12.0 Å². The van der Waals surface area contributed by atoms with Gasteiger partial charge in [0.15, 0.2) is 0 Å². The number of methoxy groups -OCH3 is 2. The third-order valence-corrected chi connectivity index (χ3v) is 1.50.